The van der Waals surface area contributed by atoms with Crippen LogP contribution in [0, 0.1) is 0 Å². The summed E-state index contributed by atoms with van der Waals surface area (Å²) in [6.07, 6.45) is 4.02. The van der Waals surface area contributed by atoms with Crippen LogP contribution in [0.2, 0.25) is 0 Å². The number of piperidine rings is 1. The van der Waals surface area contributed by atoms with Crippen molar-refractivity contribution in [1.29, 1.82) is 0 Å². The second-order valence-corrected chi connectivity index (χ2v) is 7.80. The molecular weight excluding hydrogens is 346 g/mol. The Bertz CT molecular complexity index is 867. The fraction of sp³-hybridized carbons (Fsp3) is 0.421. The van der Waals surface area contributed by atoms with E-state index in [4.69, 9.17) is 0 Å². The van der Waals surface area contributed by atoms with Gasteiger partial charge in [-0.2, -0.15) is 0 Å². The number of carbonyl (C=O) groups excluding carboxylic acids is 1. The number of aromatic nitrogens is 3. The average molecular weight is 369 g/mol. The molecule has 0 aromatic carbocycles. The predicted octanol–water partition coefficient (Wildman–Crippen LogP) is 2.68. The van der Waals surface area contributed by atoms with Gasteiger partial charge in [0, 0.05) is 17.0 Å². The van der Waals surface area contributed by atoms with E-state index in [0.717, 1.165) is 37.4 Å². The Balaban J connectivity index is 1.33. The van der Waals surface area contributed by atoms with E-state index in [1.54, 1.807) is 11.3 Å². The lowest BCUT2D eigenvalue weighted by Gasteiger charge is -2.34. The molecule has 0 radical (unpaired) electrons. The minimum Gasteiger partial charge on any atom is -0.350 e. The number of likely N-dealkylation sites (tertiary alicyclic amines) is 1. The molecule has 0 saturated carbocycles. The van der Waals surface area contributed by atoms with Crippen molar-refractivity contribution in [1.82, 2.24) is 24.8 Å². The molecule has 1 aliphatic rings. The first-order chi connectivity index (χ1) is 12.7. The second-order valence-electron chi connectivity index (χ2n) is 6.77. The molecule has 4 rings (SSSR count). The molecule has 0 bridgehead atoms. The minimum absolute atomic E-state index is 0.102. The Kier molecular flexibility index (Phi) is 4.99. The lowest BCUT2D eigenvalue weighted by Crippen LogP contribution is -2.47. The zero-order valence-corrected chi connectivity index (χ0v) is 15.7. The summed E-state index contributed by atoms with van der Waals surface area (Å²) in [4.78, 5) is 15.9. The molecule has 1 unspecified atom stereocenters. The van der Waals surface area contributed by atoms with Gasteiger partial charge < -0.3 is 5.32 Å². The normalized spacial score (nSPS) is 17.4. The molecule has 136 valence electrons. The van der Waals surface area contributed by atoms with Gasteiger partial charge in [0.25, 0.3) is 0 Å². The summed E-state index contributed by atoms with van der Waals surface area (Å²) in [5, 5.41) is 13.7. The first-order valence-corrected chi connectivity index (χ1v) is 9.94. The van der Waals surface area contributed by atoms with Crippen molar-refractivity contribution >= 4 is 22.9 Å². The van der Waals surface area contributed by atoms with Gasteiger partial charge in [0.15, 0.2) is 5.65 Å². The fourth-order valence-corrected chi connectivity index (χ4v) is 4.23. The maximum atomic E-state index is 12.4. The van der Waals surface area contributed by atoms with Gasteiger partial charge in [-0.3, -0.25) is 14.1 Å². The smallest absolute Gasteiger partial charge is 0.237 e. The van der Waals surface area contributed by atoms with Crippen LogP contribution in [0.25, 0.3) is 5.65 Å². The number of hydrogen-bond donors (Lipinski definition) is 1. The molecule has 6 nitrogen and oxygen atoms in total. The molecule has 3 aromatic heterocycles. The molecule has 7 heteroatoms. The van der Waals surface area contributed by atoms with E-state index in [2.05, 4.69) is 24.8 Å². The summed E-state index contributed by atoms with van der Waals surface area (Å²) in [5.74, 6) is 1.53. The third-order valence-corrected chi connectivity index (χ3v) is 6.06. The molecule has 0 spiro atoms. The number of nitrogens with zero attached hydrogens (tertiary/aromatic N) is 4. The highest BCUT2D eigenvalue weighted by Crippen LogP contribution is 2.28. The lowest BCUT2D eigenvalue weighted by atomic mass is 9.95. The van der Waals surface area contributed by atoms with E-state index in [1.807, 2.05) is 48.8 Å². The number of thiophene rings is 1. The first-order valence-electron chi connectivity index (χ1n) is 9.06. The summed E-state index contributed by atoms with van der Waals surface area (Å²) in [5.41, 5.74) is 0.895. The number of amides is 1. The Hall–Kier alpha value is -2.25. The van der Waals surface area contributed by atoms with Crippen LogP contribution < -0.4 is 5.32 Å². The maximum absolute atomic E-state index is 12.4. The van der Waals surface area contributed by atoms with Crippen LogP contribution in [0.4, 0.5) is 0 Å². The number of hydrogen-bond acceptors (Lipinski definition) is 5. The standard InChI is InChI=1S/C19H23N5OS/c1-14(19(25)20-13-16-5-4-12-26-16)23-10-7-15(8-11-23)18-22-21-17-6-2-3-9-24(17)18/h2-6,9,12,14-15H,7-8,10-11,13H2,1H3,(H,20,25). The first kappa shape index (κ1) is 17.2. The van der Waals surface area contributed by atoms with Crippen molar-refractivity contribution in [3.8, 4) is 0 Å². The molecule has 1 N–H and O–H groups in total. The Morgan fingerprint density at radius 3 is 2.88 bits per heavy atom. The summed E-state index contributed by atoms with van der Waals surface area (Å²) in [6.45, 7) is 4.42. The summed E-state index contributed by atoms with van der Waals surface area (Å²) in [7, 11) is 0. The highest BCUT2D eigenvalue weighted by molar-refractivity contribution is 7.09. The number of fused-ring (bicyclic) bond motifs is 1. The molecule has 0 aliphatic carbocycles. The van der Waals surface area contributed by atoms with Gasteiger partial charge in [0.2, 0.25) is 5.91 Å². The quantitative estimate of drug-likeness (QED) is 0.751. The van der Waals surface area contributed by atoms with Crippen molar-refractivity contribution < 1.29 is 4.79 Å². The van der Waals surface area contributed by atoms with Gasteiger partial charge in [-0.1, -0.05) is 12.1 Å². The van der Waals surface area contributed by atoms with Gasteiger partial charge in [0.1, 0.15) is 5.82 Å². The molecular formula is C19H23N5OS. The third-order valence-electron chi connectivity index (χ3n) is 5.18. The van der Waals surface area contributed by atoms with Crippen molar-refractivity contribution in [2.75, 3.05) is 13.1 Å². The molecule has 1 atom stereocenters. The Morgan fingerprint density at radius 2 is 2.12 bits per heavy atom. The van der Waals surface area contributed by atoms with Crippen LogP contribution in [-0.4, -0.2) is 44.5 Å². The van der Waals surface area contributed by atoms with Crippen LogP contribution in [0.3, 0.4) is 0 Å². The van der Waals surface area contributed by atoms with Crippen LogP contribution >= 0.6 is 11.3 Å². The minimum atomic E-state index is -0.106. The van der Waals surface area contributed by atoms with E-state index >= 15 is 0 Å². The highest BCUT2D eigenvalue weighted by Gasteiger charge is 2.29. The number of carbonyl (C=O) groups is 1. The Morgan fingerprint density at radius 1 is 1.27 bits per heavy atom. The molecule has 1 aliphatic heterocycles. The van der Waals surface area contributed by atoms with Crippen molar-refractivity contribution in [2.24, 2.45) is 0 Å². The fourth-order valence-electron chi connectivity index (χ4n) is 3.58. The van der Waals surface area contributed by atoms with Crippen LogP contribution in [0.1, 0.15) is 36.4 Å². The van der Waals surface area contributed by atoms with E-state index in [1.165, 1.54) is 4.88 Å². The number of nitrogens with one attached hydrogen (secondary N) is 1. The molecule has 1 amide bonds. The SMILES string of the molecule is CC(C(=O)NCc1cccs1)N1CCC(c2nnc3ccccn23)CC1. The largest absolute Gasteiger partial charge is 0.350 e. The summed E-state index contributed by atoms with van der Waals surface area (Å²) >= 11 is 1.67. The molecule has 3 aromatic rings. The topological polar surface area (TPSA) is 62.5 Å². The highest BCUT2D eigenvalue weighted by atomic mass is 32.1. The molecule has 26 heavy (non-hydrogen) atoms. The molecule has 1 saturated heterocycles. The number of rotatable bonds is 5. The zero-order chi connectivity index (χ0) is 17.9. The van der Waals surface area contributed by atoms with Crippen molar-refractivity contribution in [2.45, 2.75) is 38.3 Å². The van der Waals surface area contributed by atoms with Crippen LogP contribution in [0.15, 0.2) is 41.9 Å². The number of pyridine rings is 1. The third kappa shape index (κ3) is 3.50. The summed E-state index contributed by atoms with van der Waals surface area (Å²) < 4.78 is 2.08. The second kappa shape index (κ2) is 7.55. The van der Waals surface area contributed by atoms with E-state index in [-0.39, 0.29) is 11.9 Å². The maximum Gasteiger partial charge on any atom is 0.237 e. The predicted molar refractivity (Wildman–Crippen MR) is 102 cm³/mol. The van der Waals surface area contributed by atoms with Crippen molar-refractivity contribution in [3.63, 3.8) is 0 Å². The van der Waals surface area contributed by atoms with Gasteiger partial charge >= 0.3 is 0 Å². The lowest BCUT2D eigenvalue weighted by molar-refractivity contribution is -0.126. The van der Waals surface area contributed by atoms with E-state index in [0.29, 0.717) is 12.5 Å². The van der Waals surface area contributed by atoms with E-state index in [9.17, 15) is 4.79 Å². The van der Waals surface area contributed by atoms with Crippen molar-refractivity contribution in [3.05, 3.63) is 52.6 Å². The van der Waals surface area contributed by atoms with E-state index < -0.39 is 0 Å². The van der Waals surface area contributed by atoms with Gasteiger partial charge in [-0.05, 0) is 56.4 Å². The van der Waals surface area contributed by atoms with Gasteiger partial charge in [-0.25, -0.2) is 0 Å². The zero-order valence-electron chi connectivity index (χ0n) is 14.8. The van der Waals surface area contributed by atoms with Gasteiger partial charge in [-0.15, -0.1) is 21.5 Å². The van der Waals surface area contributed by atoms with Crippen LogP contribution in [-0.2, 0) is 11.3 Å². The average Bonchev–Trinajstić information content (AvgIpc) is 3.35. The monoisotopic (exact) mass is 369 g/mol. The molecule has 1 fully saturated rings. The Labute approximate surface area is 156 Å². The summed E-state index contributed by atoms with van der Waals surface area (Å²) in [6, 6.07) is 9.91. The molecule has 4 heterocycles. The van der Waals surface area contributed by atoms with Crippen LogP contribution in [0.5, 0.6) is 0 Å². The van der Waals surface area contributed by atoms with Gasteiger partial charge in [0.05, 0.1) is 12.6 Å².